The number of halogens is 1. The average Bonchev–Trinajstić information content (AvgIpc) is 2.73. The third kappa shape index (κ3) is 4.17. The molecule has 0 amide bonds. The molecule has 0 spiro atoms. The lowest BCUT2D eigenvalue weighted by Crippen LogP contribution is -2.43. The van der Waals surface area contributed by atoms with Crippen molar-refractivity contribution in [2.24, 2.45) is 5.92 Å². The van der Waals surface area contributed by atoms with Gasteiger partial charge in [-0.05, 0) is 53.8 Å². The Balaban J connectivity index is 2.09. The average molecular weight is 420 g/mol. The van der Waals surface area contributed by atoms with E-state index < -0.39 is 11.4 Å². The first kappa shape index (κ1) is 21.4. The zero-order valence-electron chi connectivity index (χ0n) is 16.8. The molecule has 0 saturated carbocycles. The Bertz CT molecular complexity index is 1070. The van der Waals surface area contributed by atoms with Crippen molar-refractivity contribution in [3.05, 3.63) is 94.5 Å². The van der Waals surface area contributed by atoms with Crippen LogP contribution in [0.3, 0.4) is 0 Å². The third-order valence-electron chi connectivity index (χ3n) is 5.39. The van der Waals surface area contributed by atoms with Crippen molar-refractivity contribution in [3.8, 4) is 17.6 Å². The van der Waals surface area contributed by atoms with Gasteiger partial charge in [0.25, 0.3) is 0 Å². The lowest BCUT2D eigenvalue weighted by atomic mass is 9.67. The molecule has 0 aliphatic carbocycles. The molecule has 3 rings (SSSR count). The summed E-state index contributed by atoms with van der Waals surface area (Å²) in [4.78, 5) is 12.6. The predicted octanol–water partition coefficient (Wildman–Crippen LogP) is 6.23. The standard InChI is InChI=1S/C25H22ClNO3/c1-17(2)25(24(28)29,19-11-13-20(26)14-12-19)15-18-7-6-10-23(22(18)16-27)30-21-8-4-3-5-9-21/h3-14,17H,15H2,1-2H3,(H,28,29). The van der Waals surface area contributed by atoms with Crippen LogP contribution in [0.4, 0.5) is 0 Å². The quantitative estimate of drug-likeness (QED) is 0.493. The van der Waals surface area contributed by atoms with Crippen molar-refractivity contribution in [2.45, 2.75) is 25.7 Å². The Morgan fingerprint density at radius 1 is 1.07 bits per heavy atom. The molecule has 1 atom stereocenters. The van der Waals surface area contributed by atoms with Crippen molar-refractivity contribution in [1.82, 2.24) is 0 Å². The van der Waals surface area contributed by atoms with E-state index in [1.807, 2.05) is 32.0 Å². The number of nitrogens with zero attached hydrogens (tertiary/aromatic N) is 1. The van der Waals surface area contributed by atoms with Crippen molar-refractivity contribution < 1.29 is 14.6 Å². The van der Waals surface area contributed by atoms with Gasteiger partial charge in [-0.1, -0.05) is 67.9 Å². The predicted molar refractivity (Wildman–Crippen MR) is 117 cm³/mol. The minimum absolute atomic E-state index is 0.149. The normalized spacial score (nSPS) is 12.8. The molecular weight excluding hydrogens is 398 g/mol. The Kier molecular flexibility index (Phi) is 6.44. The van der Waals surface area contributed by atoms with E-state index in [2.05, 4.69) is 6.07 Å². The van der Waals surface area contributed by atoms with Crippen LogP contribution in [0.5, 0.6) is 11.5 Å². The minimum atomic E-state index is -1.22. The Hall–Kier alpha value is -3.29. The number of hydrogen-bond acceptors (Lipinski definition) is 3. The minimum Gasteiger partial charge on any atom is -0.481 e. The zero-order chi connectivity index (χ0) is 21.7. The van der Waals surface area contributed by atoms with Crippen LogP contribution in [-0.4, -0.2) is 11.1 Å². The SMILES string of the molecule is CC(C)C(Cc1cccc(Oc2ccccc2)c1C#N)(C(=O)O)c1ccc(Cl)cc1. The van der Waals surface area contributed by atoms with Gasteiger partial charge in [0.05, 0.1) is 11.0 Å². The number of carboxylic acid groups (broad SMARTS) is 1. The number of hydrogen-bond donors (Lipinski definition) is 1. The monoisotopic (exact) mass is 419 g/mol. The number of aliphatic carboxylic acids is 1. The molecular formula is C25H22ClNO3. The molecule has 0 heterocycles. The molecule has 0 aliphatic heterocycles. The van der Waals surface area contributed by atoms with Gasteiger partial charge in [-0.2, -0.15) is 5.26 Å². The van der Waals surface area contributed by atoms with Crippen LogP contribution in [0.15, 0.2) is 72.8 Å². The molecule has 3 aromatic rings. The summed E-state index contributed by atoms with van der Waals surface area (Å²) < 4.78 is 5.91. The van der Waals surface area contributed by atoms with Gasteiger partial charge in [-0.25, -0.2) is 0 Å². The molecule has 0 bridgehead atoms. The maximum atomic E-state index is 12.6. The second-order valence-electron chi connectivity index (χ2n) is 7.43. The maximum Gasteiger partial charge on any atom is 0.314 e. The van der Waals surface area contributed by atoms with Crippen molar-refractivity contribution in [3.63, 3.8) is 0 Å². The highest BCUT2D eigenvalue weighted by Crippen LogP contribution is 2.39. The molecule has 1 N–H and O–H groups in total. The van der Waals surface area contributed by atoms with Crippen LogP contribution in [0.25, 0.3) is 0 Å². The second kappa shape index (κ2) is 9.02. The van der Waals surface area contributed by atoms with E-state index in [-0.39, 0.29) is 12.3 Å². The van der Waals surface area contributed by atoms with Crippen LogP contribution in [-0.2, 0) is 16.6 Å². The highest BCUT2D eigenvalue weighted by molar-refractivity contribution is 6.30. The molecule has 4 nitrogen and oxygen atoms in total. The fourth-order valence-corrected chi connectivity index (χ4v) is 3.81. The number of para-hydroxylation sites is 1. The van der Waals surface area contributed by atoms with E-state index in [4.69, 9.17) is 16.3 Å². The highest BCUT2D eigenvalue weighted by Gasteiger charge is 2.44. The van der Waals surface area contributed by atoms with E-state index >= 15 is 0 Å². The smallest absolute Gasteiger partial charge is 0.314 e. The number of nitriles is 1. The van der Waals surface area contributed by atoms with E-state index in [1.165, 1.54) is 0 Å². The lowest BCUT2D eigenvalue weighted by Gasteiger charge is -2.34. The lowest BCUT2D eigenvalue weighted by molar-refractivity contribution is -0.145. The van der Waals surface area contributed by atoms with Gasteiger partial charge in [0.1, 0.15) is 17.6 Å². The van der Waals surface area contributed by atoms with Crippen molar-refractivity contribution in [1.29, 1.82) is 5.26 Å². The van der Waals surface area contributed by atoms with Gasteiger partial charge in [0, 0.05) is 5.02 Å². The zero-order valence-corrected chi connectivity index (χ0v) is 17.6. The Labute approximate surface area is 181 Å². The topological polar surface area (TPSA) is 70.3 Å². The maximum absolute atomic E-state index is 12.6. The van der Waals surface area contributed by atoms with Crippen LogP contribution in [0.1, 0.15) is 30.5 Å². The molecule has 0 radical (unpaired) electrons. The van der Waals surface area contributed by atoms with Gasteiger partial charge < -0.3 is 9.84 Å². The largest absolute Gasteiger partial charge is 0.481 e. The molecule has 152 valence electrons. The van der Waals surface area contributed by atoms with E-state index in [9.17, 15) is 15.2 Å². The molecule has 0 saturated heterocycles. The summed E-state index contributed by atoms with van der Waals surface area (Å²) in [5.74, 6) is -0.169. The van der Waals surface area contributed by atoms with E-state index in [0.717, 1.165) is 0 Å². The van der Waals surface area contributed by atoms with Crippen LogP contribution in [0, 0.1) is 17.2 Å². The summed E-state index contributed by atoms with van der Waals surface area (Å²) in [7, 11) is 0. The first-order valence-corrected chi connectivity index (χ1v) is 10.0. The van der Waals surface area contributed by atoms with E-state index in [1.54, 1.807) is 54.6 Å². The molecule has 3 aromatic carbocycles. The molecule has 0 aromatic heterocycles. The second-order valence-corrected chi connectivity index (χ2v) is 7.87. The van der Waals surface area contributed by atoms with Gasteiger partial charge >= 0.3 is 5.97 Å². The molecule has 0 aliphatic rings. The fourth-order valence-electron chi connectivity index (χ4n) is 3.68. The number of carboxylic acids is 1. The first-order chi connectivity index (χ1) is 14.4. The van der Waals surface area contributed by atoms with Crippen LogP contribution in [0.2, 0.25) is 5.02 Å². The summed E-state index contributed by atoms with van der Waals surface area (Å²) in [6.45, 7) is 3.75. The van der Waals surface area contributed by atoms with E-state index in [0.29, 0.717) is 33.2 Å². The molecule has 5 heteroatoms. The van der Waals surface area contributed by atoms with Gasteiger partial charge in [0.15, 0.2) is 0 Å². The summed E-state index contributed by atoms with van der Waals surface area (Å²) in [5, 5.41) is 20.7. The highest BCUT2D eigenvalue weighted by atomic mass is 35.5. The number of benzene rings is 3. The summed E-state index contributed by atoms with van der Waals surface area (Å²) in [6, 6.07) is 23.5. The summed E-state index contributed by atoms with van der Waals surface area (Å²) in [6.07, 6.45) is 0.149. The first-order valence-electron chi connectivity index (χ1n) is 9.63. The fraction of sp³-hybridized carbons (Fsp3) is 0.200. The van der Waals surface area contributed by atoms with Gasteiger partial charge in [-0.15, -0.1) is 0 Å². The van der Waals surface area contributed by atoms with Crippen LogP contribution < -0.4 is 4.74 Å². The van der Waals surface area contributed by atoms with Crippen molar-refractivity contribution in [2.75, 3.05) is 0 Å². The van der Waals surface area contributed by atoms with Crippen molar-refractivity contribution >= 4 is 17.6 Å². The van der Waals surface area contributed by atoms with Gasteiger partial charge in [-0.3, -0.25) is 4.79 Å². The molecule has 0 fully saturated rings. The number of ether oxygens (including phenoxy) is 1. The summed E-state index contributed by atoms with van der Waals surface area (Å²) >= 11 is 6.02. The number of rotatable bonds is 7. The molecule has 1 unspecified atom stereocenters. The van der Waals surface area contributed by atoms with Gasteiger partial charge in [0.2, 0.25) is 0 Å². The molecule has 30 heavy (non-hydrogen) atoms. The third-order valence-corrected chi connectivity index (χ3v) is 5.64. The Morgan fingerprint density at radius 2 is 1.73 bits per heavy atom. The number of carbonyl (C=O) groups is 1. The Morgan fingerprint density at radius 3 is 2.30 bits per heavy atom. The van der Waals surface area contributed by atoms with Crippen LogP contribution >= 0.6 is 11.6 Å². The summed E-state index contributed by atoms with van der Waals surface area (Å²) in [5.41, 5.74) is 0.382.